The Morgan fingerprint density at radius 3 is 2.59 bits per heavy atom. The van der Waals surface area contributed by atoms with Crippen molar-refractivity contribution in [3.8, 4) is 0 Å². The zero-order chi connectivity index (χ0) is 18.8. The van der Waals surface area contributed by atoms with E-state index in [4.69, 9.17) is 23.2 Å². The average molecular weight is 401 g/mol. The van der Waals surface area contributed by atoms with Crippen LogP contribution in [0.15, 0.2) is 54.7 Å². The number of rotatable bonds is 4. The average Bonchev–Trinajstić information content (AvgIpc) is 3.33. The second-order valence-electron chi connectivity index (χ2n) is 6.65. The van der Waals surface area contributed by atoms with Gasteiger partial charge in [0, 0.05) is 29.1 Å². The predicted molar refractivity (Wildman–Crippen MR) is 105 cm³/mol. The molecule has 4 rings (SSSR count). The molecule has 1 unspecified atom stereocenters. The fraction of sp³-hybridized carbons (Fsp3) is 0.250. The summed E-state index contributed by atoms with van der Waals surface area (Å²) in [5, 5.41) is 9.55. The maximum absolute atomic E-state index is 12.8. The number of benzene rings is 2. The minimum Gasteiger partial charge on any atom is -0.337 e. The first-order valence-corrected chi connectivity index (χ1v) is 9.54. The fourth-order valence-corrected chi connectivity index (χ4v) is 3.93. The lowest BCUT2D eigenvalue weighted by atomic mass is 9.98. The second kappa shape index (κ2) is 7.71. The van der Waals surface area contributed by atoms with Gasteiger partial charge in [0.05, 0.1) is 12.7 Å². The monoisotopic (exact) mass is 400 g/mol. The minimum absolute atomic E-state index is 0.102. The number of likely N-dealkylation sites (tertiary alicyclic amines) is 1. The summed E-state index contributed by atoms with van der Waals surface area (Å²) in [5.74, 6) is 0.149. The number of carbonyl (C=O) groups excluding carboxylic acids is 1. The van der Waals surface area contributed by atoms with Gasteiger partial charge in [-0.05, 0) is 29.7 Å². The molecule has 0 bridgehead atoms. The molecule has 1 atom stereocenters. The van der Waals surface area contributed by atoms with E-state index in [0.29, 0.717) is 30.4 Å². The molecule has 5 nitrogen and oxygen atoms in total. The van der Waals surface area contributed by atoms with Gasteiger partial charge in [-0.25, -0.2) is 4.68 Å². The van der Waals surface area contributed by atoms with Crippen LogP contribution in [0.2, 0.25) is 10.0 Å². The van der Waals surface area contributed by atoms with Crippen LogP contribution in [0.1, 0.15) is 34.0 Å². The first kappa shape index (κ1) is 18.0. The summed E-state index contributed by atoms with van der Waals surface area (Å²) in [5.41, 5.74) is 2.38. The number of carbonyl (C=O) groups is 1. The largest absolute Gasteiger partial charge is 0.337 e. The smallest absolute Gasteiger partial charge is 0.276 e. The second-order valence-corrected chi connectivity index (χ2v) is 7.47. The highest BCUT2D eigenvalue weighted by Gasteiger charge is 2.30. The first-order valence-electron chi connectivity index (χ1n) is 8.79. The summed E-state index contributed by atoms with van der Waals surface area (Å²) in [7, 11) is 0. The van der Waals surface area contributed by atoms with Crippen LogP contribution in [0.4, 0.5) is 0 Å². The van der Waals surface area contributed by atoms with Gasteiger partial charge >= 0.3 is 0 Å². The Morgan fingerprint density at radius 2 is 1.81 bits per heavy atom. The zero-order valence-corrected chi connectivity index (χ0v) is 16.1. The van der Waals surface area contributed by atoms with Gasteiger partial charge in [0.15, 0.2) is 5.69 Å². The van der Waals surface area contributed by atoms with Gasteiger partial charge in [0.25, 0.3) is 5.91 Å². The zero-order valence-electron chi connectivity index (χ0n) is 14.6. The van der Waals surface area contributed by atoms with Crippen molar-refractivity contribution in [2.75, 3.05) is 13.1 Å². The summed E-state index contributed by atoms with van der Waals surface area (Å²) in [6.07, 6.45) is 2.57. The van der Waals surface area contributed by atoms with Crippen LogP contribution in [0, 0.1) is 0 Å². The van der Waals surface area contributed by atoms with Gasteiger partial charge < -0.3 is 4.90 Å². The molecule has 1 amide bonds. The topological polar surface area (TPSA) is 51.0 Å². The van der Waals surface area contributed by atoms with Crippen molar-refractivity contribution in [2.24, 2.45) is 0 Å². The van der Waals surface area contributed by atoms with Crippen molar-refractivity contribution in [3.63, 3.8) is 0 Å². The summed E-state index contributed by atoms with van der Waals surface area (Å²) in [4.78, 5) is 14.6. The highest BCUT2D eigenvalue weighted by Crippen LogP contribution is 2.32. The van der Waals surface area contributed by atoms with Gasteiger partial charge in [-0.2, -0.15) is 0 Å². The van der Waals surface area contributed by atoms with E-state index in [1.807, 2.05) is 53.4 Å². The highest BCUT2D eigenvalue weighted by atomic mass is 35.5. The van der Waals surface area contributed by atoms with E-state index in [1.54, 1.807) is 10.9 Å². The van der Waals surface area contributed by atoms with Crippen molar-refractivity contribution in [2.45, 2.75) is 18.9 Å². The number of amides is 1. The van der Waals surface area contributed by atoms with Crippen LogP contribution in [0.3, 0.4) is 0 Å². The van der Waals surface area contributed by atoms with E-state index >= 15 is 0 Å². The lowest BCUT2D eigenvalue weighted by Crippen LogP contribution is -2.28. The van der Waals surface area contributed by atoms with Crippen LogP contribution in [0.25, 0.3) is 0 Å². The highest BCUT2D eigenvalue weighted by molar-refractivity contribution is 6.31. The van der Waals surface area contributed by atoms with Gasteiger partial charge in [0.2, 0.25) is 0 Å². The first-order chi connectivity index (χ1) is 13.1. The Bertz CT molecular complexity index is 972. The Labute approximate surface area is 167 Å². The lowest BCUT2D eigenvalue weighted by Gasteiger charge is -2.15. The van der Waals surface area contributed by atoms with Crippen LogP contribution in [-0.2, 0) is 6.54 Å². The summed E-state index contributed by atoms with van der Waals surface area (Å²) >= 11 is 12.5. The third-order valence-electron chi connectivity index (χ3n) is 4.87. The van der Waals surface area contributed by atoms with E-state index in [9.17, 15) is 4.79 Å². The van der Waals surface area contributed by atoms with Gasteiger partial charge in [-0.1, -0.05) is 64.8 Å². The Kier molecular flexibility index (Phi) is 5.14. The third kappa shape index (κ3) is 3.84. The molecule has 1 fully saturated rings. The molecule has 7 heteroatoms. The van der Waals surface area contributed by atoms with E-state index in [-0.39, 0.29) is 11.8 Å². The molecule has 1 saturated heterocycles. The van der Waals surface area contributed by atoms with E-state index in [1.165, 1.54) is 0 Å². The number of nitrogens with zero attached hydrogens (tertiary/aromatic N) is 4. The molecule has 1 aliphatic heterocycles. The molecule has 3 aromatic rings. The van der Waals surface area contributed by atoms with Crippen LogP contribution < -0.4 is 0 Å². The predicted octanol–water partition coefficient (Wildman–Crippen LogP) is 4.26. The molecule has 2 aromatic carbocycles. The van der Waals surface area contributed by atoms with Gasteiger partial charge in [-0.3, -0.25) is 4.79 Å². The molecule has 0 N–H and O–H groups in total. The number of halogens is 2. The Balaban J connectivity index is 1.44. The Hall–Kier alpha value is -2.37. The van der Waals surface area contributed by atoms with Crippen LogP contribution in [-0.4, -0.2) is 38.9 Å². The maximum atomic E-state index is 12.8. The number of hydrogen-bond acceptors (Lipinski definition) is 3. The number of hydrogen-bond donors (Lipinski definition) is 0. The molecule has 27 heavy (non-hydrogen) atoms. The van der Waals surface area contributed by atoms with Crippen molar-refractivity contribution in [3.05, 3.63) is 81.6 Å². The molecule has 2 heterocycles. The molecule has 0 spiro atoms. The fourth-order valence-electron chi connectivity index (χ4n) is 3.44. The summed E-state index contributed by atoms with van der Waals surface area (Å²) in [6, 6.07) is 15.4. The molecule has 0 aliphatic carbocycles. The molecule has 1 aliphatic rings. The SMILES string of the molecule is O=C(c1cn(Cc2ccccc2Cl)nn1)N1CCC(c2ccccc2Cl)C1. The third-order valence-corrected chi connectivity index (χ3v) is 5.58. The molecule has 138 valence electrons. The molecule has 0 saturated carbocycles. The van der Waals surface area contributed by atoms with E-state index < -0.39 is 0 Å². The van der Waals surface area contributed by atoms with Gasteiger partial charge in [0.1, 0.15) is 0 Å². The van der Waals surface area contributed by atoms with Crippen molar-refractivity contribution < 1.29 is 4.79 Å². The summed E-state index contributed by atoms with van der Waals surface area (Å²) < 4.78 is 1.63. The number of aromatic nitrogens is 3. The van der Waals surface area contributed by atoms with E-state index in [2.05, 4.69) is 10.3 Å². The molecule has 1 aromatic heterocycles. The molecule has 0 radical (unpaired) electrons. The lowest BCUT2D eigenvalue weighted by molar-refractivity contribution is 0.0785. The summed E-state index contributed by atoms with van der Waals surface area (Å²) in [6.45, 7) is 1.80. The van der Waals surface area contributed by atoms with Gasteiger partial charge in [-0.15, -0.1) is 5.10 Å². The normalized spacial score (nSPS) is 16.7. The van der Waals surface area contributed by atoms with Crippen molar-refractivity contribution >= 4 is 29.1 Å². The molecular formula is C20H18Cl2N4O. The van der Waals surface area contributed by atoms with Crippen molar-refractivity contribution in [1.82, 2.24) is 19.9 Å². The van der Waals surface area contributed by atoms with Crippen molar-refractivity contribution in [1.29, 1.82) is 0 Å². The quantitative estimate of drug-likeness (QED) is 0.657. The minimum atomic E-state index is -0.102. The van der Waals surface area contributed by atoms with E-state index in [0.717, 1.165) is 22.6 Å². The standard InChI is InChI=1S/C20H18Cl2N4O/c21-17-7-3-1-5-15(17)12-26-13-19(23-24-26)20(27)25-10-9-14(11-25)16-6-2-4-8-18(16)22/h1-8,13-14H,9-12H2. The molecular weight excluding hydrogens is 383 g/mol. The van der Waals surface area contributed by atoms with Crippen LogP contribution in [0.5, 0.6) is 0 Å². The maximum Gasteiger partial charge on any atom is 0.276 e. The Morgan fingerprint density at radius 1 is 1.07 bits per heavy atom. The van der Waals surface area contributed by atoms with Crippen LogP contribution >= 0.6 is 23.2 Å².